The molecule has 3 aliphatic heterocycles. The van der Waals surface area contributed by atoms with Gasteiger partial charge < -0.3 is 14.7 Å². The van der Waals surface area contributed by atoms with E-state index in [1.165, 1.54) is 129 Å². The summed E-state index contributed by atoms with van der Waals surface area (Å²) in [6.45, 7) is 31.1. The number of nitrogens with zero attached hydrogens (tertiary/aromatic N) is 3. The maximum Gasteiger partial charge on any atom is 0.252 e. The molecule has 4 heterocycles. The topological polar surface area (TPSA) is 9.72 Å². The van der Waals surface area contributed by atoms with Gasteiger partial charge in [0.25, 0.3) is 6.71 Å². The Morgan fingerprint density at radius 1 is 0.507 bits per heavy atom. The first-order chi connectivity index (χ1) is 32.7. The number of hydrogen-bond donors (Lipinski definition) is 0. The summed E-state index contributed by atoms with van der Waals surface area (Å²) in [7, 11) is 0. The number of fused-ring (bicyclic) bond motifs is 10. The summed E-state index contributed by atoms with van der Waals surface area (Å²) < 4.78 is 2.65. The second-order valence-corrected chi connectivity index (χ2v) is 25.8. The van der Waals surface area contributed by atoms with E-state index in [2.05, 4.69) is 232 Å². The van der Waals surface area contributed by atoms with Gasteiger partial charge >= 0.3 is 0 Å². The number of aryl methyl sites for hydroxylation is 2. The van der Waals surface area contributed by atoms with Crippen molar-refractivity contribution in [3.63, 3.8) is 0 Å². The number of hydrogen-bond acceptors (Lipinski definition) is 4. The fraction of sp³-hybridized carbons (Fsp3) is 0.344. The van der Waals surface area contributed by atoms with E-state index in [0.717, 1.165) is 6.42 Å². The quantitative estimate of drug-likeness (QED) is 0.164. The number of benzene rings is 7. The van der Waals surface area contributed by atoms with Gasteiger partial charge in [-0.15, -0.1) is 11.3 Å². The summed E-state index contributed by atoms with van der Waals surface area (Å²) in [4.78, 5) is 8.23. The lowest BCUT2D eigenvalue weighted by Crippen LogP contribution is -2.61. The van der Waals surface area contributed by atoms with Crippen molar-refractivity contribution < 1.29 is 0 Å². The minimum Gasteiger partial charge on any atom is -0.334 e. The molecular weight excluding hydrogens is 854 g/mol. The maximum absolute atomic E-state index is 2.85. The van der Waals surface area contributed by atoms with Crippen molar-refractivity contribution in [2.24, 2.45) is 0 Å². The summed E-state index contributed by atoms with van der Waals surface area (Å²) in [5, 5.41) is 2.65. The van der Waals surface area contributed by atoms with E-state index < -0.39 is 0 Å². The molecule has 0 radical (unpaired) electrons. The van der Waals surface area contributed by atoms with Gasteiger partial charge in [0, 0.05) is 65.4 Å². The molecule has 348 valence electrons. The first-order valence-electron chi connectivity index (χ1n) is 25.7. The zero-order chi connectivity index (χ0) is 48.3. The standard InChI is InChI=1S/C64H68BN3S/c1-39-32-40(2)58-52(33-39)68(64(13)31-17-16-30-63(58,64)12)45-37-53-59-54(38-45)67(49-23-19-25-56-57(49)46-22-14-15-24-55(46)69-56)51-36-43(62(9,10)11)27-29-48(51)65(59)47-28-26-42(61(6,7)8)35-50(47)66(53)44-21-18-20-41(34-44)60(3,4)5/h14-15,18-29,32-38H,16-17,30-31H2,1-13H3. The first kappa shape index (κ1) is 44.4. The zero-order valence-corrected chi connectivity index (χ0v) is 44.1. The smallest absolute Gasteiger partial charge is 0.252 e. The molecule has 69 heavy (non-hydrogen) atoms. The molecule has 12 rings (SSSR count). The highest BCUT2D eigenvalue weighted by Crippen LogP contribution is 2.63. The lowest BCUT2D eigenvalue weighted by Gasteiger charge is -2.51. The van der Waals surface area contributed by atoms with Crippen LogP contribution >= 0.6 is 11.3 Å². The van der Waals surface area contributed by atoms with Crippen LogP contribution in [-0.4, -0.2) is 12.3 Å². The Morgan fingerprint density at radius 3 is 1.78 bits per heavy atom. The average molecular weight is 922 g/mol. The molecule has 1 saturated carbocycles. The van der Waals surface area contributed by atoms with E-state index in [1.54, 1.807) is 5.56 Å². The molecule has 2 atom stereocenters. The van der Waals surface area contributed by atoms with E-state index in [9.17, 15) is 0 Å². The molecule has 4 aliphatic rings. The summed E-state index contributed by atoms with van der Waals surface area (Å²) in [6, 6.07) is 50.7. The minimum absolute atomic E-state index is 0.00193. The highest BCUT2D eigenvalue weighted by molar-refractivity contribution is 7.26. The largest absolute Gasteiger partial charge is 0.334 e. The number of thiophene rings is 1. The van der Waals surface area contributed by atoms with Gasteiger partial charge in [-0.05, 0) is 160 Å². The molecule has 0 bridgehead atoms. The van der Waals surface area contributed by atoms with Crippen LogP contribution in [0.5, 0.6) is 0 Å². The third-order valence-corrected chi connectivity index (χ3v) is 18.3. The van der Waals surface area contributed by atoms with Crippen LogP contribution in [-0.2, 0) is 21.7 Å². The maximum atomic E-state index is 2.85. The number of anilines is 8. The molecule has 1 aromatic heterocycles. The Kier molecular flexibility index (Phi) is 9.58. The molecule has 0 amide bonds. The van der Waals surface area contributed by atoms with E-state index >= 15 is 0 Å². The molecule has 1 aliphatic carbocycles. The van der Waals surface area contributed by atoms with Crippen LogP contribution in [0.4, 0.5) is 45.5 Å². The first-order valence-corrected chi connectivity index (χ1v) is 26.5. The fourth-order valence-electron chi connectivity index (χ4n) is 13.4. The van der Waals surface area contributed by atoms with Crippen LogP contribution in [0.15, 0.2) is 127 Å². The van der Waals surface area contributed by atoms with Crippen molar-refractivity contribution in [2.45, 2.75) is 143 Å². The van der Waals surface area contributed by atoms with E-state index in [4.69, 9.17) is 0 Å². The predicted octanol–water partition coefficient (Wildman–Crippen LogP) is 16.4. The SMILES string of the molecule is Cc1cc(C)c2c(c1)N(c1cc3c4c(c1)N(c1cccc5sc6ccccc6c15)c1cc(C(C)(C)C)ccc1B4c1ccc(C(C)(C)C)cc1N3c1cccc(C(C)(C)C)c1)C1(C)CCCCC21C. The Labute approximate surface area is 416 Å². The van der Waals surface area contributed by atoms with Gasteiger partial charge in [0.15, 0.2) is 0 Å². The summed E-state index contributed by atoms with van der Waals surface area (Å²) in [5.74, 6) is 0. The molecule has 7 aromatic carbocycles. The van der Waals surface area contributed by atoms with E-state index in [-0.39, 0.29) is 33.9 Å². The van der Waals surface area contributed by atoms with Gasteiger partial charge in [0.1, 0.15) is 0 Å². The molecule has 0 N–H and O–H groups in total. The Hall–Kier alpha value is -5.78. The van der Waals surface area contributed by atoms with Gasteiger partial charge in [0.2, 0.25) is 0 Å². The van der Waals surface area contributed by atoms with Crippen LogP contribution in [0.1, 0.15) is 135 Å². The third-order valence-electron chi connectivity index (χ3n) is 17.2. The van der Waals surface area contributed by atoms with Crippen LogP contribution < -0.4 is 31.1 Å². The van der Waals surface area contributed by atoms with E-state index in [1.807, 2.05) is 11.3 Å². The second kappa shape index (κ2) is 14.9. The highest BCUT2D eigenvalue weighted by atomic mass is 32.1. The van der Waals surface area contributed by atoms with Gasteiger partial charge in [-0.3, -0.25) is 0 Å². The molecular formula is C64H68BN3S. The average Bonchev–Trinajstić information content (AvgIpc) is 3.77. The fourth-order valence-corrected chi connectivity index (χ4v) is 14.5. The molecule has 0 spiro atoms. The van der Waals surface area contributed by atoms with Crippen LogP contribution in [0.2, 0.25) is 0 Å². The van der Waals surface area contributed by atoms with Crippen molar-refractivity contribution in [3.05, 3.63) is 161 Å². The third kappa shape index (κ3) is 6.44. The molecule has 3 nitrogen and oxygen atoms in total. The molecule has 5 heteroatoms. The Balaban J connectivity index is 1.26. The van der Waals surface area contributed by atoms with Gasteiger partial charge in [0.05, 0.1) is 11.2 Å². The Bertz CT molecular complexity index is 3450. The molecule has 8 aromatic rings. The summed E-state index contributed by atoms with van der Waals surface area (Å²) in [5.41, 5.74) is 22.4. The van der Waals surface area contributed by atoms with Crippen molar-refractivity contribution in [2.75, 3.05) is 14.7 Å². The Morgan fingerprint density at radius 2 is 1.10 bits per heavy atom. The molecule has 2 unspecified atom stereocenters. The van der Waals surface area contributed by atoms with Gasteiger partial charge in [-0.1, -0.05) is 149 Å². The second-order valence-electron chi connectivity index (χ2n) is 24.7. The summed E-state index contributed by atoms with van der Waals surface area (Å²) in [6.07, 6.45) is 4.82. The van der Waals surface area contributed by atoms with E-state index in [0.29, 0.717) is 0 Å². The van der Waals surface area contributed by atoms with Crippen LogP contribution in [0.25, 0.3) is 20.2 Å². The van der Waals surface area contributed by atoms with Crippen molar-refractivity contribution in [1.82, 2.24) is 0 Å². The lowest BCUT2D eigenvalue weighted by molar-refractivity contribution is 0.194. The molecule has 0 saturated heterocycles. The van der Waals surface area contributed by atoms with Crippen molar-refractivity contribution >= 4 is 100 Å². The normalized spacial score (nSPS) is 19.7. The predicted molar refractivity (Wildman–Crippen MR) is 302 cm³/mol. The van der Waals surface area contributed by atoms with Crippen molar-refractivity contribution in [1.29, 1.82) is 0 Å². The monoisotopic (exact) mass is 922 g/mol. The minimum atomic E-state index is -0.129. The van der Waals surface area contributed by atoms with Crippen LogP contribution in [0.3, 0.4) is 0 Å². The van der Waals surface area contributed by atoms with Crippen LogP contribution in [0, 0.1) is 13.8 Å². The number of rotatable bonds is 3. The molecule has 1 fully saturated rings. The van der Waals surface area contributed by atoms with Gasteiger partial charge in [-0.25, -0.2) is 0 Å². The lowest BCUT2D eigenvalue weighted by atomic mass is 9.33. The summed E-state index contributed by atoms with van der Waals surface area (Å²) >= 11 is 1.91. The highest BCUT2D eigenvalue weighted by Gasteiger charge is 2.59. The van der Waals surface area contributed by atoms with Crippen molar-refractivity contribution in [3.8, 4) is 0 Å². The zero-order valence-electron chi connectivity index (χ0n) is 43.3. The van der Waals surface area contributed by atoms with Gasteiger partial charge in [-0.2, -0.15) is 0 Å².